The van der Waals surface area contributed by atoms with Crippen molar-refractivity contribution in [3.8, 4) is 0 Å². The Hall–Kier alpha value is -9.08. The lowest BCUT2D eigenvalue weighted by Gasteiger charge is -2.44. The first-order valence-electron chi connectivity index (χ1n) is 40.0. The van der Waals surface area contributed by atoms with E-state index < -0.39 is 213 Å². The molecule has 123 heavy (non-hydrogen) atoms. The van der Waals surface area contributed by atoms with Crippen molar-refractivity contribution in [2.24, 2.45) is 0 Å². The summed E-state index contributed by atoms with van der Waals surface area (Å²) in [7, 11) is 0. The van der Waals surface area contributed by atoms with Crippen molar-refractivity contribution in [1.82, 2.24) is 31.9 Å². The summed E-state index contributed by atoms with van der Waals surface area (Å²) in [6.07, 6.45) is -13.0. The van der Waals surface area contributed by atoms with E-state index in [-0.39, 0.29) is 184 Å². The van der Waals surface area contributed by atoms with Crippen LogP contribution in [0.3, 0.4) is 0 Å². The van der Waals surface area contributed by atoms with Gasteiger partial charge < -0.3 is 151 Å². The Morgan fingerprint density at radius 1 is 0.333 bits per heavy atom. The molecular weight excluding hydrogens is 1650 g/mol. The van der Waals surface area contributed by atoms with Crippen LogP contribution in [0.1, 0.15) is 121 Å². The molecule has 0 bridgehead atoms. The van der Waals surface area contributed by atoms with Gasteiger partial charge in [-0.1, -0.05) is 0 Å². The quantitative estimate of drug-likeness (QED) is 0.0178. The summed E-state index contributed by atoms with van der Waals surface area (Å²) >= 11 is 0. The van der Waals surface area contributed by atoms with Gasteiger partial charge in [0.1, 0.15) is 88.2 Å². The predicted octanol–water partition coefficient (Wildman–Crippen LogP) is -3.33. The second-order valence-corrected chi connectivity index (χ2v) is 27.5. The zero-order valence-corrected chi connectivity index (χ0v) is 71.3. The highest BCUT2D eigenvalue weighted by Gasteiger charge is 2.53. The van der Waals surface area contributed by atoms with Crippen molar-refractivity contribution in [3.05, 3.63) is 0 Å². The van der Waals surface area contributed by atoms with Crippen molar-refractivity contribution in [1.29, 1.82) is 0 Å². The second-order valence-electron chi connectivity index (χ2n) is 27.5. The third-order valence-electron chi connectivity index (χ3n) is 16.9. The maximum absolute atomic E-state index is 13.8. The summed E-state index contributed by atoms with van der Waals surface area (Å²) in [6.45, 7) is 11.4. The highest BCUT2D eigenvalue weighted by molar-refractivity contribution is 5.90. The molecule has 0 aromatic rings. The van der Waals surface area contributed by atoms with E-state index in [1.54, 1.807) is 0 Å². The minimum atomic E-state index is -1.41. The lowest BCUT2D eigenvalue weighted by atomic mass is 9.96. The summed E-state index contributed by atoms with van der Waals surface area (Å²) < 4.78 is 133. The summed E-state index contributed by atoms with van der Waals surface area (Å²) in [4.78, 5) is 196. The van der Waals surface area contributed by atoms with Gasteiger partial charge in [-0.25, -0.2) is 4.79 Å². The van der Waals surface area contributed by atoms with E-state index in [1.165, 1.54) is 34.6 Å². The van der Waals surface area contributed by atoms with Crippen LogP contribution in [0.25, 0.3) is 0 Å². The number of amides is 6. The van der Waals surface area contributed by atoms with Gasteiger partial charge in [0.2, 0.25) is 35.4 Å². The minimum absolute atomic E-state index is 0.00477. The number of nitrogens with one attached hydrogen (secondary N) is 6. The number of carboxylic acid groups (broad SMARTS) is 1. The molecule has 0 aliphatic carbocycles. The Morgan fingerprint density at radius 2 is 0.650 bits per heavy atom. The topological polar surface area (TPSA) is 587 Å². The monoisotopic (exact) mass is 1770 g/mol. The molecule has 3 rings (SSSR count). The highest BCUT2D eigenvalue weighted by atomic mass is 16.7. The molecule has 6 amide bonds. The van der Waals surface area contributed by atoms with Crippen LogP contribution in [-0.2, 0) is 190 Å². The fourth-order valence-corrected chi connectivity index (χ4v) is 11.9. The first-order valence-corrected chi connectivity index (χ1v) is 40.0. The van der Waals surface area contributed by atoms with E-state index in [9.17, 15) is 81.8 Å². The Kier molecular flexibility index (Phi) is 55.3. The molecule has 0 aromatic heterocycles. The lowest BCUT2D eigenvalue weighted by Crippen LogP contribution is -2.66. The molecular formula is C76H122N6O41. The standard InChI is InChI=1S/C76H122N6O41/c1-45(83)79-66-71(119-54(10)92)69(117-52(8)90)60(40-113-48(4)86)122-75(66)110-36-33-104-24-21-101-27-30-106-42-62(94)77-18-14-12-16-56(81-64(96)44-108-31-28-102-22-25-105-34-37-111-76-67(80-46(2)84)72(120-55(11)93)70(118-53(9)91)61(123-76)41-114-49(5)87)73(97)82-57(74(98)99)17-13-15-19-78-63(95)43-107-29-26-100-20-23-103-32-35-109-65-38-58(115-50(6)88)68(116-51(7)89)59(121-65)39-112-47(3)85/h56-61,65-72,75-76H,12-44H2,1-11H3,(H,77,94)(H,78,95)(H,79,83)(H,80,84)(H,81,96)(H,82,97)(H,98,99)/t56-,57-,58+,59+,60+,61+,65+,66+,67+,68+,69-,70-,71+,72+,75+,76+/m0/s1. The predicted molar refractivity (Wildman–Crippen MR) is 409 cm³/mol. The molecule has 0 saturated carbocycles. The van der Waals surface area contributed by atoms with Crippen LogP contribution >= 0.6 is 0 Å². The van der Waals surface area contributed by atoms with Gasteiger partial charge in [0, 0.05) is 95.7 Å². The largest absolute Gasteiger partial charge is 0.480 e. The van der Waals surface area contributed by atoms with Crippen LogP contribution in [0, 0.1) is 0 Å². The molecule has 0 radical (unpaired) electrons. The van der Waals surface area contributed by atoms with Gasteiger partial charge in [-0.3, -0.25) is 71.9 Å². The van der Waals surface area contributed by atoms with Crippen molar-refractivity contribution in [2.75, 3.05) is 172 Å². The molecule has 47 heteroatoms. The molecule has 47 nitrogen and oxygen atoms in total. The van der Waals surface area contributed by atoms with Crippen molar-refractivity contribution < 1.29 is 196 Å². The second kappa shape index (κ2) is 62.9. The molecule has 0 aromatic carbocycles. The number of carbonyl (C=O) groups excluding carboxylic acids is 15. The Bertz CT molecular complexity index is 3270. The number of hydrogen-bond acceptors (Lipinski definition) is 40. The van der Waals surface area contributed by atoms with Gasteiger partial charge in [-0.15, -0.1) is 0 Å². The normalized spacial score (nSPS) is 22.1. The zero-order chi connectivity index (χ0) is 91.0. The highest BCUT2D eigenvalue weighted by Crippen LogP contribution is 2.31. The summed E-state index contributed by atoms with van der Waals surface area (Å²) in [5.41, 5.74) is 0. The van der Waals surface area contributed by atoms with E-state index in [4.69, 9.17) is 114 Å². The first-order chi connectivity index (χ1) is 58.6. The molecule has 3 saturated heterocycles. The van der Waals surface area contributed by atoms with Gasteiger partial charge in [0.05, 0.1) is 119 Å². The number of esters is 9. The number of carboxylic acids is 1. The molecule has 3 fully saturated rings. The minimum Gasteiger partial charge on any atom is -0.480 e. The molecule has 702 valence electrons. The van der Waals surface area contributed by atoms with Gasteiger partial charge in [0.25, 0.3) is 0 Å². The Balaban J connectivity index is 1.45. The van der Waals surface area contributed by atoms with Crippen molar-refractivity contribution >= 4 is 95.1 Å². The van der Waals surface area contributed by atoms with Gasteiger partial charge >= 0.3 is 59.7 Å². The van der Waals surface area contributed by atoms with E-state index in [1.807, 2.05) is 0 Å². The Labute approximate surface area is 710 Å². The van der Waals surface area contributed by atoms with Crippen molar-refractivity contribution in [2.45, 2.75) is 219 Å². The summed E-state index contributed by atoms with van der Waals surface area (Å²) in [5.74, 6) is -11.3. The van der Waals surface area contributed by atoms with E-state index in [0.717, 1.165) is 41.5 Å². The maximum Gasteiger partial charge on any atom is 0.326 e. The van der Waals surface area contributed by atoms with Crippen molar-refractivity contribution in [3.63, 3.8) is 0 Å². The third kappa shape index (κ3) is 49.3. The smallest absolute Gasteiger partial charge is 0.326 e. The molecule has 0 spiro atoms. The Morgan fingerprint density at radius 3 is 1.00 bits per heavy atom. The first kappa shape index (κ1) is 108. The number of rotatable bonds is 64. The molecule has 3 aliphatic rings. The van der Waals surface area contributed by atoms with E-state index in [2.05, 4.69) is 31.9 Å². The number of hydrogen-bond donors (Lipinski definition) is 7. The van der Waals surface area contributed by atoms with Crippen LogP contribution in [0.15, 0.2) is 0 Å². The van der Waals surface area contributed by atoms with Crippen LogP contribution in [0.2, 0.25) is 0 Å². The molecule has 16 atom stereocenters. The van der Waals surface area contributed by atoms with Gasteiger partial charge in [-0.05, 0) is 38.5 Å². The number of ether oxygens (including phenoxy) is 24. The number of carbonyl (C=O) groups is 16. The SMILES string of the molecule is CC(=O)N[C@H]1[C@H](OCCOCCOCCOCC(=O)NCCCC[C@H](NC(=O)COCCOCCOCCO[C@@H]2O[C@H](COC(C)=O)[C@H](OC(C)=O)[C@H](OC(C)=O)[C@H]2NC(C)=O)C(=O)N[C@@H](CCCCNC(=O)COCCOCCOCCO[C@H]2C[C@@H](OC(C)=O)[C@@H](OC(C)=O)[C@@H](COC(C)=O)O2)C(=O)O)O[C@H](COC(C)=O)[C@H](OC(C)=O)[C@@H]1OC(C)=O. The molecule has 3 heterocycles. The summed E-state index contributed by atoms with van der Waals surface area (Å²) in [5, 5.41) is 25.8. The fraction of sp³-hybridized carbons (Fsp3) is 0.789. The average molecular weight is 1780 g/mol. The van der Waals surface area contributed by atoms with Crippen LogP contribution in [0.5, 0.6) is 0 Å². The summed E-state index contributed by atoms with van der Waals surface area (Å²) in [6, 6.07) is -5.02. The lowest BCUT2D eigenvalue weighted by molar-refractivity contribution is -0.279. The molecule has 7 N–H and O–H groups in total. The van der Waals surface area contributed by atoms with Crippen LogP contribution in [-0.4, -0.2) is 370 Å². The van der Waals surface area contributed by atoms with Gasteiger partial charge in [0.15, 0.2) is 49.4 Å². The fourth-order valence-electron chi connectivity index (χ4n) is 11.9. The number of unbranched alkanes of at least 4 members (excludes halogenated alkanes) is 2. The molecule has 3 aliphatic heterocycles. The van der Waals surface area contributed by atoms with E-state index in [0.29, 0.717) is 12.8 Å². The van der Waals surface area contributed by atoms with Gasteiger partial charge in [-0.2, -0.15) is 0 Å². The average Bonchev–Trinajstić information content (AvgIpc) is 0.797. The maximum atomic E-state index is 13.8. The molecule has 0 unspecified atom stereocenters. The van der Waals surface area contributed by atoms with E-state index >= 15 is 0 Å². The zero-order valence-electron chi connectivity index (χ0n) is 71.3. The van der Waals surface area contributed by atoms with Crippen LogP contribution < -0.4 is 31.9 Å². The van der Waals surface area contributed by atoms with Crippen LogP contribution in [0.4, 0.5) is 0 Å². The number of aliphatic carboxylic acids is 1. The third-order valence-corrected chi connectivity index (χ3v) is 16.9.